The van der Waals surface area contributed by atoms with E-state index in [4.69, 9.17) is 0 Å². The molecule has 0 aromatic heterocycles. The van der Waals surface area contributed by atoms with Gasteiger partial charge in [0, 0.05) is 28.6 Å². The molecule has 1 atom stereocenters. The van der Waals surface area contributed by atoms with E-state index in [1.54, 1.807) is 0 Å². The Balaban J connectivity index is 1.95. The van der Waals surface area contributed by atoms with E-state index in [0.29, 0.717) is 6.07 Å². The van der Waals surface area contributed by atoms with Crippen LogP contribution >= 0.6 is 11.8 Å². The van der Waals surface area contributed by atoms with Crippen molar-refractivity contribution in [2.75, 3.05) is 6.54 Å². The quantitative estimate of drug-likeness (QED) is 0.611. The average molecular weight is 377 g/mol. The minimum absolute atomic E-state index is 0.0718. The van der Waals surface area contributed by atoms with Gasteiger partial charge in [-0.3, -0.25) is 4.79 Å². The Morgan fingerprint density at radius 1 is 1.12 bits per heavy atom. The lowest BCUT2D eigenvalue weighted by molar-refractivity contribution is -0.0328. The lowest BCUT2D eigenvalue weighted by Crippen LogP contribution is -2.28. The third-order valence-electron chi connectivity index (χ3n) is 3.13. The molecule has 2 aromatic carbocycles. The molecular weight excluding hydrogens is 365 g/mol. The van der Waals surface area contributed by atoms with Crippen LogP contribution in [0.5, 0.6) is 0 Å². The first kappa shape index (κ1) is 19.2. The Hall–Kier alpha value is -2.13. The summed E-state index contributed by atoms with van der Waals surface area (Å²) in [5.41, 5.74) is -4.52. The normalized spacial score (nSPS) is 12.7. The molecular formula is C16H12F5NO2S. The maximum Gasteiger partial charge on any atom is 0.446 e. The molecule has 0 spiro atoms. The minimum Gasteiger partial charge on any atom is -0.386 e. The summed E-state index contributed by atoms with van der Waals surface area (Å²) in [4.78, 5) is 11.8. The SMILES string of the molecule is O=C(NC[C@H](O)c1ccc(F)cc1F)c1ccc(SC(F)(F)F)cc1. The zero-order valence-electron chi connectivity index (χ0n) is 12.5. The standard InChI is InChI=1S/C16H12F5NO2S/c17-10-3-6-12(13(18)7-10)14(23)8-22-15(24)9-1-4-11(5-2-9)25-16(19,20)21/h1-7,14,23H,8H2,(H,22,24)/t14-/m0/s1. The summed E-state index contributed by atoms with van der Waals surface area (Å²) in [6, 6.07) is 7.33. The van der Waals surface area contributed by atoms with E-state index in [-0.39, 0.29) is 34.3 Å². The topological polar surface area (TPSA) is 49.3 Å². The van der Waals surface area contributed by atoms with E-state index in [9.17, 15) is 31.9 Å². The number of amides is 1. The molecule has 2 aromatic rings. The molecule has 0 radical (unpaired) electrons. The summed E-state index contributed by atoms with van der Waals surface area (Å²) in [7, 11) is 0. The molecule has 0 saturated carbocycles. The first-order chi connectivity index (χ1) is 11.7. The van der Waals surface area contributed by atoms with E-state index < -0.39 is 29.2 Å². The molecule has 0 unspecified atom stereocenters. The van der Waals surface area contributed by atoms with Gasteiger partial charge in [0.1, 0.15) is 11.6 Å². The predicted octanol–water partition coefficient (Wildman–Crippen LogP) is 4.04. The molecule has 0 aliphatic carbocycles. The molecule has 134 valence electrons. The van der Waals surface area contributed by atoms with Crippen molar-refractivity contribution in [2.45, 2.75) is 16.5 Å². The van der Waals surface area contributed by atoms with E-state index in [2.05, 4.69) is 5.32 Å². The molecule has 2 rings (SSSR count). The number of aliphatic hydroxyl groups is 1. The van der Waals surface area contributed by atoms with E-state index in [0.717, 1.165) is 24.3 Å². The van der Waals surface area contributed by atoms with Crippen molar-refractivity contribution in [2.24, 2.45) is 0 Å². The number of hydrogen-bond acceptors (Lipinski definition) is 3. The molecule has 3 nitrogen and oxygen atoms in total. The maximum atomic E-state index is 13.5. The van der Waals surface area contributed by atoms with E-state index in [1.807, 2.05) is 0 Å². The number of benzene rings is 2. The van der Waals surface area contributed by atoms with Crippen LogP contribution < -0.4 is 5.32 Å². The maximum absolute atomic E-state index is 13.5. The van der Waals surface area contributed by atoms with Gasteiger partial charge in [0.25, 0.3) is 5.91 Å². The molecule has 0 aliphatic rings. The van der Waals surface area contributed by atoms with Gasteiger partial charge in [-0.05, 0) is 42.1 Å². The fourth-order valence-electron chi connectivity index (χ4n) is 1.98. The number of carbonyl (C=O) groups excluding carboxylic acids is 1. The van der Waals surface area contributed by atoms with Gasteiger partial charge in [-0.2, -0.15) is 13.2 Å². The van der Waals surface area contributed by atoms with Crippen LogP contribution in [-0.4, -0.2) is 23.1 Å². The summed E-state index contributed by atoms with van der Waals surface area (Å²) in [5, 5.41) is 12.2. The minimum atomic E-state index is -4.42. The number of carbonyl (C=O) groups is 1. The van der Waals surface area contributed by atoms with Crippen molar-refractivity contribution in [1.29, 1.82) is 0 Å². The van der Waals surface area contributed by atoms with Gasteiger partial charge >= 0.3 is 5.51 Å². The fourth-order valence-corrected chi connectivity index (χ4v) is 2.52. The van der Waals surface area contributed by atoms with Crippen LogP contribution in [0, 0.1) is 11.6 Å². The Labute approximate surface area is 143 Å². The lowest BCUT2D eigenvalue weighted by Gasteiger charge is -2.13. The van der Waals surface area contributed by atoms with E-state index in [1.165, 1.54) is 12.1 Å². The van der Waals surface area contributed by atoms with Gasteiger partial charge in [0.05, 0.1) is 6.10 Å². The van der Waals surface area contributed by atoms with Crippen LogP contribution in [0.2, 0.25) is 0 Å². The first-order valence-corrected chi connectivity index (χ1v) is 7.74. The fraction of sp³-hybridized carbons (Fsp3) is 0.188. The highest BCUT2D eigenvalue weighted by Crippen LogP contribution is 2.36. The Morgan fingerprint density at radius 2 is 1.76 bits per heavy atom. The predicted molar refractivity (Wildman–Crippen MR) is 82.0 cm³/mol. The van der Waals surface area contributed by atoms with Crippen LogP contribution in [0.3, 0.4) is 0 Å². The molecule has 2 N–H and O–H groups in total. The van der Waals surface area contributed by atoms with Crippen molar-refractivity contribution < 1.29 is 31.9 Å². The Kier molecular flexibility index (Phi) is 6.02. The Morgan fingerprint density at radius 3 is 2.32 bits per heavy atom. The van der Waals surface area contributed by atoms with Crippen LogP contribution in [-0.2, 0) is 0 Å². The third-order valence-corrected chi connectivity index (χ3v) is 3.87. The van der Waals surface area contributed by atoms with Crippen molar-refractivity contribution in [3.8, 4) is 0 Å². The highest BCUT2D eigenvalue weighted by Gasteiger charge is 2.29. The molecule has 1 amide bonds. The zero-order valence-corrected chi connectivity index (χ0v) is 13.3. The molecule has 0 heterocycles. The van der Waals surface area contributed by atoms with Gasteiger partial charge in [0.15, 0.2) is 0 Å². The largest absolute Gasteiger partial charge is 0.446 e. The summed E-state index contributed by atoms with van der Waals surface area (Å²) >= 11 is -0.305. The smallest absolute Gasteiger partial charge is 0.386 e. The van der Waals surface area contributed by atoms with Gasteiger partial charge in [0.2, 0.25) is 0 Å². The first-order valence-electron chi connectivity index (χ1n) is 6.93. The van der Waals surface area contributed by atoms with Crippen LogP contribution in [0.25, 0.3) is 0 Å². The van der Waals surface area contributed by atoms with Crippen LogP contribution in [0.1, 0.15) is 22.0 Å². The molecule has 0 aliphatic heterocycles. The van der Waals surface area contributed by atoms with Gasteiger partial charge < -0.3 is 10.4 Å². The third kappa shape index (κ3) is 5.71. The van der Waals surface area contributed by atoms with Crippen LogP contribution in [0.15, 0.2) is 47.4 Å². The number of rotatable bonds is 5. The molecule has 0 fully saturated rings. The van der Waals surface area contributed by atoms with Crippen molar-refractivity contribution >= 4 is 17.7 Å². The summed E-state index contributed by atoms with van der Waals surface area (Å²) in [5.74, 6) is -2.39. The lowest BCUT2D eigenvalue weighted by atomic mass is 10.1. The number of halogens is 5. The molecule has 0 bridgehead atoms. The number of alkyl halides is 3. The second-order valence-corrected chi connectivity index (χ2v) is 6.10. The van der Waals surface area contributed by atoms with Crippen molar-refractivity contribution in [3.63, 3.8) is 0 Å². The number of aliphatic hydroxyl groups excluding tert-OH is 1. The molecule has 0 saturated heterocycles. The highest BCUT2D eigenvalue weighted by molar-refractivity contribution is 8.00. The second-order valence-electron chi connectivity index (χ2n) is 4.96. The van der Waals surface area contributed by atoms with Gasteiger partial charge in [-0.1, -0.05) is 6.07 Å². The summed E-state index contributed by atoms with van der Waals surface area (Å²) in [6.07, 6.45) is -1.40. The number of hydrogen-bond donors (Lipinski definition) is 2. The average Bonchev–Trinajstić information content (AvgIpc) is 2.51. The highest BCUT2D eigenvalue weighted by atomic mass is 32.2. The monoisotopic (exact) mass is 377 g/mol. The van der Waals surface area contributed by atoms with Gasteiger partial charge in [-0.15, -0.1) is 0 Å². The Bertz CT molecular complexity index is 749. The van der Waals surface area contributed by atoms with Crippen molar-refractivity contribution in [3.05, 3.63) is 65.2 Å². The molecule has 9 heteroatoms. The van der Waals surface area contributed by atoms with Gasteiger partial charge in [-0.25, -0.2) is 8.78 Å². The number of nitrogens with one attached hydrogen (secondary N) is 1. The number of thioether (sulfide) groups is 1. The van der Waals surface area contributed by atoms with Crippen LogP contribution in [0.4, 0.5) is 22.0 Å². The van der Waals surface area contributed by atoms with Crippen molar-refractivity contribution in [1.82, 2.24) is 5.32 Å². The summed E-state index contributed by atoms with van der Waals surface area (Å²) in [6.45, 7) is -0.347. The second kappa shape index (κ2) is 7.83. The molecule has 25 heavy (non-hydrogen) atoms. The van der Waals surface area contributed by atoms with E-state index >= 15 is 0 Å². The summed E-state index contributed by atoms with van der Waals surface area (Å²) < 4.78 is 63.0. The zero-order chi connectivity index (χ0) is 18.6.